The minimum absolute atomic E-state index is 0.0829. The second-order valence-corrected chi connectivity index (χ2v) is 9.22. The van der Waals surface area contributed by atoms with E-state index in [1.54, 1.807) is 0 Å². The number of aromatic nitrogens is 3. The molecule has 1 heterocycles. The second kappa shape index (κ2) is 10.9. The molecule has 32 heavy (non-hydrogen) atoms. The average molecular weight is 473 g/mol. The van der Waals surface area contributed by atoms with Crippen LogP contribution in [-0.2, 0) is 11.3 Å². The van der Waals surface area contributed by atoms with E-state index in [1.807, 2.05) is 67.8 Å². The summed E-state index contributed by atoms with van der Waals surface area (Å²) >= 11 is 7.46. The Labute approximate surface area is 198 Å². The zero-order chi connectivity index (χ0) is 23.3. The Hall–Kier alpha value is -2.51. The number of anilines is 1. The van der Waals surface area contributed by atoms with Gasteiger partial charge in [-0.2, -0.15) is 0 Å². The summed E-state index contributed by atoms with van der Waals surface area (Å²) in [6.07, 6.45) is -0.300. The second-order valence-electron chi connectivity index (χ2n) is 7.87. The fraction of sp³-hybridized carbons (Fsp3) is 0.375. The summed E-state index contributed by atoms with van der Waals surface area (Å²) in [7, 11) is 0. The van der Waals surface area contributed by atoms with Crippen LogP contribution in [0.3, 0.4) is 0 Å². The van der Waals surface area contributed by atoms with Gasteiger partial charge < -0.3 is 14.6 Å². The minimum atomic E-state index is -0.300. The van der Waals surface area contributed by atoms with Crippen LogP contribution in [0.15, 0.2) is 47.6 Å². The third-order valence-corrected chi connectivity index (χ3v) is 6.45. The highest BCUT2D eigenvalue weighted by molar-refractivity contribution is 7.99. The van der Waals surface area contributed by atoms with E-state index in [9.17, 15) is 4.79 Å². The van der Waals surface area contributed by atoms with Crippen LogP contribution in [-0.4, -0.2) is 26.4 Å². The molecule has 170 valence electrons. The number of aryl methyl sites for hydroxylation is 1. The molecule has 0 aliphatic heterocycles. The highest BCUT2D eigenvalue weighted by Gasteiger charge is 2.19. The predicted molar refractivity (Wildman–Crippen MR) is 131 cm³/mol. The van der Waals surface area contributed by atoms with E-state index in [2.05, 4.69) is 29.4 Å². The molecule has 1 amide bonds. The highest BCUT2D eigenvalue weighted by atomic mass is 35.5. The number of ether oxygens (including phenoxy) is 1. The van der Waals surface area contributed by atoms with E-state index in [4.69, 9.17) is 16.3 Å². The molecule has 0 bridgehead atoms. The Morgan fingerprint density at radius 3 is 2.50 bits per heavy atom. The Morgan fingerprint density at radius 2 is 1.88 bits per heavy atom. The van der Waals surface area contributed by atoms with Gasteiger partial charge in [0.2, 0.25) is 5.91 Å². The molecule has 3 rings (SSSR count). The standard InChI is InChI=1S/C24H29ClN4O2S/c1-6-29-23(17(5)31-20-11-12-21(25)16(4)13-20)27-28-24(29)32-14-22(30)26-19-9-7-18(8-10-19)15(2)3/h7-13,15,17H,6,14H2,1-5H3,(H,26,30). The summed E-state index contributed by atoms with van der Waals surface area (Å²) in [6.45, 7) is 10.9. The van der Waals surface area contributed by atoms with Crippen LogP contribution in [0.4, 0.5) is 5.69 Å². The van der Waals surface area contributed by atoms with Gasteiger partial charge in [0.15, 0.2) is 17.1 Å². The van der Waals surface area contributed by atoms with Gasteiger partial charge in [-0.1, -0.05) is 49.3 Å². The number of nitrogens with one attached hydrogen (secondary N) is 1. The molecule has 0 aliphatic rings. The summed E-state index contributed by atoms with van der Waals surface area (Å²) < 4.78 is 8.03. The molecule has 2 aromatic carbocycles. The molecule has 0 saturated heterocycles. The van der Waals surface area contributed by atoms with Crippen molar-refractivity contribution < 1.29 is 9.53 Å². The first-order chi connectivity index (χ1) is 15.3. The fourth-order valence-electron chi connectivity index (χ4n) is 3.23. The molecule has 8 heteroatoms. The van der Waals surface area contributed by atoms with Crippen molar-refractivity contribution in [2.75, 3.05) is 11.1 Å². The quantitative estimate of drug-likeness (QED) is 0.372. The van der Waals surface area contributed by atoms with E-state index in [0.717, 1.165) is 17.0 Å². The summed E-state index contributed by atoms with van der Waals surface area (Å²) in [5, 5.41) is 12.9. The summed E-state index contributed by atoms with van der Waals surface area (Å²) in [6, 6.07) is 13.5. The van der Waals surface area contributed by atoms with Crippen LogP contribution in [0.2, 0.25) is 5.02 Å². The number of carbonyl (C=O) groups excluding carboxylic acids is 1. The number of hydrogen-bond acceptors (Lipinski definition) is 5. The van der Waals surface area contributed by atoms with Crippen molar-refractivity contribution in [3.63, 3.8) is 0 Å². The van der Waals surface area contributed by atoms with E-state index in [-0.39, 0.29) is 17.8 Å². The van der Waals surface area contributed by atoms with Crippen LogP contribution >= 0.6 is 23.4 Å². The lowest BCUT2D eigenvalue weighted by Crippen LogP contribution is -2.15. The predicted octanol–water partition coefficient (Wildman–Crippen LogP) is 6.25. The van der Waals surface area contributed by atoms with Crippen LogP contribution < -0.4 is 10.1 Å². The van der Waals surface area contributed by atoms with E-state index in [0.29, 0.717) is 28.5 Å². The average Bonchev–Trinajstić information content (AvgIpc) is 3.18. The van der Waals surface area contributed by atoms with Crippen LogP contribution in [0.5, 0.6) is 5.75 Å². The van der Waals surface area contributed by atoms with Gasteiger partial charge in [-0.25, -0.2) is 0 Å². The van der Waals surface area contributed by atoms with Crippen molar-refractivity contribution >= 4 is 35.0 Å². The summed E-state index contributed by atoms with van der Waals surface area (Å²) in [5.41, 5.74) is 2.98. The molecule has 1 N–H and O–H groups in total. The van der Waals surface area contributed by atoms with Crippen LogP contribution in [0.1, 0.15) is 56.7 Å². The molecule has 0 saturated carbocycles. The van der Waals surface area contributed by atoms with Crippen molar-refractivity contribution in [1.29, 1.82) is 0 Å². The van der Waals surface area contributed by atoms with Crippen molar-refractivity contribution in [3.8, 4) is 5.75 Å². The van der Waals surface area contributed by atoms with Crippen LogP contribution in [0.25, 0.3) is 0 Å². The van der Waals surface area contributed by atoms with Gasteiger partial charge in [0.25, 0.3) is 0 Å². The molecule has 0 fully saturated rings. The third-order valence-electron chi connectivity index (χ3n) is 5.06. The molecule has 0 spiro atoms. The number of amides is 1. The number of thioether (sulfide) groups is 1. The maximum absolute atomic E-state index is 12.4. The van der Waals surface area contributed by atoms with Crippen LogP contribution in [0, 0.1) is 6.92 Å². The number of carbonyl (C=O) groups is 1. The summed E-state index contributed by atoms with van der Waals surface area (Å²) in [4.78, 5) is 12.4. The Kier molecular flexibility index (Phi) is 8.21. The topological polar surface area (TPSA) is 69.0 Å². The lowest BCUT2D eigenvalue weighted by atomic mass is 10.0. The highest BCUT2D eigenvalue weighted by Crippen LogP contribution is 2.27. The monoisotopic (exact) mass is 472 g/mol. The number of hydrogen-bond donors (Lipinski definition) is 1. The molecule has 1 atom stereocenters. The number of rotatable bonds is 9. The van der Waals surface area contributed by atoms with Gasteiger partial charge in [-0.3, -0.25) is 4.79 Å². The third kappa shape index (κ3) is 6.04. The van der Waals surface area contributed by atoms with Gasteiger partial charge >= 0.3 is 0 Å². The number of nitrogens with zero attached hydrogens (tertiary/aromatic N) is 3. The van der Waals surface area contributed by atoms with Gasteiger partial charge in [0.05, 0.1) is 5.75 Å². The maximum atomic E-state index is 12.4. The van der Waals surface area contributed by atoms with Gasteiger partial charge in [-0.05, 0) is 68.1 Å². The van der Waals surface area contributed by atoms with Crippen molar-refractivity contribution in [1.82, 2.24) is 14.8 Å². The zero-order valence-electron chi connectivity index (χ0n) is 19.1. The largest absolute Gasteiger partial charge is 0.483 e. The SMILES string of the molecule is CCn1c(SCC(=O)Nc2ccc(C(C)C)cc2)nnc1C(C)Oc1ccc(Cl)c(C)c1. The number of halogens is 1. The fourth-order valence-corrected chi connectivity index (χ4v) is 4.16. The first-order valence-electron chi connectivity index (χ1n) is 10.7. The van der Waals surface area contributed by atoms with Crippen molar-refractivity contribution in [2.45, 2.75) is 58.3 Å². The molecule has 1 aromatic heterocycles. The molecular weight excluding hydrogens is 444 g/mol. The molecule has 3 aromatic rings. The lowest BCUT2D eigenvalue weighted by Gasteiger charge is -2.16. The van der Waals surface area contributed by atoms with E-state index >= 15 is 0 Å². The normalized spacial score (nSPS) is 12.1. The minimum Gasteiger partial charge on any atom is -0.483 e. The molecular formula is C24H29ClN4O2S. The first-order valence-corrected chi connectivity index (χ1v) is 12.0. The lowest BCUT2D eigenvalue weighted by molar-refractivity contribution is -0.113. The van der Waals surface area contributed by atoms with E-state index < -0.39 is 0 Å². The molecule has 0 radical (unpaired) electrons. The Balaban J connectivity index is 1.61. The van der Waals surface area contributed by atoms with Crippen molar-refractivity contribution in [2.24, 2.45) is 0 Å². The number of benzene rings is 2. The Morgan fingerprint density at radius 1 is 1.16 bits per heavy atom. The zero-order valence-corrected chi connectivity index (χ0v) is 20.6. The van der Waals surface area contributed by atoms with E-state index in [1.165, 1.54) is 17.3 Å². The van der Waals surface area contributed by atoms with Gasteiger partial charge in [0, 0.05) is 17.3 Å². The summed E-state index contributed by atoms with van der Waals surface area (Å²) in [5.74, 6) is 2.06. The van der Waals surface area contributed by atoms with Gasteiger partial charge in [0.1, 0.15) is 5.75 Å². The Bertz CT molecular complexity index is 1070. The van der Waals surface area contributed by atoms with Gasteiger partial charge in [-0.15, -0.1) is 10.2 Å². The molecule has 1 unspecified atom stereocenters. The molecule has 6 nitrogen and oxygen atoms in total. The van der Waals surface area contributed by atoms with Crippen molar-refractivity contribution in [3.05, 3.63) is 64.4 Å². The smallest absolute Gasteiger partial charge is 0.234 e. The maximum Gasteiger partial charge on any atom is 0.234 e. The molecule has 0 aliphatic carbocycles. The first kappa shape index (κ1) is 24.1.